The van der Waals surface area contributed by atoms with E-state index in [-0.39, 0.29) is 5.91 Å². The Morgan fingerprint density at radius 3 is 2.56 bits per heavy atom. The summed E-state index contributed by atoms with van der Waals surface area (Å²) in [5.74, 6) is 1.01. The highest BCUT2D eigenvalue weighted by molar-refractivity contribution is 6.31. The number of amides is 1. The van der Waals surface area contributed by atoms with Crippen molar-refractivity contribution in [1.29, 1.82) is 0 Å². The van der Waals surface area contributed by atoms with Crippen LogP contribution in [0.1, 0.15) is 42.6 Å². The lowest BCUT2D eigenvalue weighted by atomic mass is 10.1. The van der Waals surface area contributed by atoms with Crippen LogP contribution in [0.15, 0.2) is 36.4 Å². The van der Waals surface area contributed by atoms with Crippen LogP contribution in [0.25, 0.3) is 0 Å². The molecule has 134 valence electrons. The van der Waals surface area contributed by atoms with Crippen LogP contribution in [0.3, 0.4) is 0 Å². The minimum absolute atomic E-state index is 0.221. The van der Waals surface area contributed by atoms with Gasteiger partial charge in [-0.1, -0.05) is 31.0 Å². The van der Waals surface area contributed by atoms with Crippen molar-refractivity contribution in [2.24, 2.45) is 0 Å². The zero-order valence-electron chi connectivity index (χ0n) is 14.9. The van der Waals surface area contributed by atoms with E-state index >= 15 is 0 Å². The molecule has 0 aliphatic heterocycles. The monoisotopic (exact) mass is 361 g/mol. The lowest BCUT2D eigenvalue weighted by Gasteiger charge is -2.13. The molecule has 1 N–H and O–H groups in total. The Morgan fingerprint density at radius 2 is 1.88 bits per heavy atom. The summed E-state index contributed by atoms with van der Waals surface area (Å²) in [7, 11) is 0. The summed E-state index contributed by atoms with van der Waals surface area (Å²) in [4.78, 5) is 12.5. The topological polar surface area (TPSA) is 47.6 Å². The van der Waals surface area contributed by atoms with Crippen molar-refractivity contribution in [3.05, 3.63) is 52.5 Å². The van der Waals surface area contributed by atoms with Gasteiger partial charge in [0.1, 0.15) is 0 Å². The van der Waals surface area contributed by atoms with Gasteiger partial charge in [0.05, 0.1) is 13.2 Å². The van der Waals surface area contributed by atoms with Gasteiger partial charge < -0.3 is 14.8 Å². The molecule has 5 heteroatoms. The third kappa shape index (κ3) is 5.40. The second-order valence-corrected chi connectivity index (χ2v) is 6.12. The summed E-state index contributed by atoms with van der Waals surface area (Å²) >= 11 is 6.10. The number of carbonyl (C=O) groups excluding carboxylic acids is 1. The molecule has 0 fully saturated rings. The molecule has 0 aromatic heterocycles. The maximum atomic E-state index is 12.5. The fraction of sp³-hybridized carbons (Fsp3) is 0.350. The van der Waals surface area contributed by atoms with Crippen molar-refractivity contribution < 1.29 is 14.3 Å². The van der Waals surface area contributed by atoms with E-state index in [4.69, 9.17) is 21.1 Å². The van der Waals surface area contributed by atoms with Crippen LogP contribution in [0.2, 0.25) is 5.02 Å². The zero-order chi connectivity index (χ0) is 18.2. The first-order chi connectivity index (χ1) is 12.0. The zero-order valence-corrected chi connectivity index (χ0v) is 15.7. The molecule has 0 aliphatic rings. The molecule has 0 saturated heterocycles. The Labute approximate surface area is 154 Å². The SMILES string of the molecule is CCCCOc1ccc(C(=O)Nc2ccc(C)c(Cl)c2)cc1OCC. The van der Waals surface area contributed by atoms with Crippen LogP contribution >= 0.6 is 11.6 Å². The number of ether oxygens (including phenoxy) is 2. The van der Waals surface area contributed by atoms with E-state index < -0.39 is 0 Å². The Balaban J connectivity index is 2.15. The highest BCUT2D eigenvalue weighted by Gasteiger charge is 2.12. The summed E-state index contributed by atoms with van der Waals surface area (Å²) in [6.45, 7) is 7.06. The molecule has 0 radical (unpaired) electrons. The standard InChI is InChI=1S/C20H24ClNO3/c1-4-6-11-25-18-10-8-15(12-19(18)24-5-2)20(23)22-16-9-7-14(3)17(21)13-16/h7-10,12-13H,4-6,11H2,1-3H3,(H,22,23). The van der Waals surface area contributed by atoms with E-state index in [0.717, 1.165) is 18.4 Å². The second-order valence-electron chi connectivity index (χ2n) is 5.71. The molecule has 0 saturated carbocycles. The number of carbonyl (C=O) groups is 1. The molecule has 25 heavy (non-hydrogen) atoms. The van der Waals surface area contributed by atoms with Gasteiger partial charge in [-0.2, -0.15) is 0 Å². The number of anilines is 1. The molecule has 0 bridgehead atoms. The maximum Gasteiger partial charge on any atom is 0.255 e. The molecular formula is C20H24ClNO3. The minimum Gasteiger partial charge on any atom is -0.490 e. The quantitative estimate of drug-likeness (QED) is 0.633. The Hall–Kier alpha value is -2.20. The van der Waals surface area contributed by atoms with Crippen LogP contribution in [0, 0.1) is 6.92 Å². The van der Waals surface area contributed by atoms with Gasteiger partial charge in [-0.3, -0.25) is 4.79 Å². The van der Waals surface area contributed by atoms with Crippen LogP contribution in [0.5, 0.6) is 11.5 Å². The summed E-state index contributed by atoms with van der Waals surface area (Å²) in [6, 6.07) is 10.6. The first-order valence-electron chi connectivity index (χ1n) is 8.52. The van der Waals surface area contributed by atoms with Gasteiger partial charge in [0.25, 0.3) is 5.91 Å². The van der Waals surface area contributed by atoms with Crippen molar-refractivity contribution in [2.75, 3.05) is 18.5 Å². The molecule has 0 atom stereocenters. The van der Waals surface area contributed by atoms with Crippen molar-refractivity contribution in [2.45, 2.75) is 33.6 Å². The lowest BCUT2D eigenvalue weighted by Crippen LogP contribution is -2.12. The molecule has 0 spiro atoms. The largest absolute Gasteiger partial charge is 0.490 e. The highest BCUT2D eigenvalue weighted by atomic mass is 35.5. The van der Waals surface area contributed by atoms with Crippen molar-refractivity contribution in [3.8, 4) is 11.5 Å². The van der Waals surface area contributed by atoms with Crippen molar-refractivity contribution >= 4 is 23.2 Å². The van der Waals surface area contributed by atoms with E-state index in [1.54, 1.807) is 24.3 Å². The van der Waals surface area contributed by atoms with E-state index in [9.17, 15) is 4.79 Å². The fourth-order valence-electron chi connectivity index (χ4n) is 2.24. The molecule has 2 aromatic carbocycles. The number of benzene rings is 2. The molecule has 2 rings (SSSR count). The molecule has 0 aliphatic carbocycles. The molecule has 1 amide bonds. The number of unbranched alkanes of at least 4 members (excludes halogenated alkanes) is 1. The summed E-state index contributed by atoms with van der Waals surface area (Å²) in [5.41, 5.74) is 2.12. The Bertz CT molecular complexity index is 731. The molecule has 0 unspecified atom stereocenters. The lowest BCUT2D eigenvalue weighted by molar-refractivity contribution is 0.102. The first kappa shape index (κ1) is 19.1. The third-order valence-corrected chi connectivity index (χ3v) is 4.10. The van der Waals surface area contributed by atoms with Crippen LogP contribution < -0.4 is 14.8 Å². The maximum absolute atomic E-state index is 12.5. The first-order valence-corrected chi connectivity index (χ1v) is 8.90. The smallest absolute Gasteiger partial charge is 0.255 e. The number of rotatable bonds is 8. The Morgan fingerprint density at radius 1 is 1.08 bits per heavy atom. The third-order valence-electron chi connectivity index (χ3n) is 3.69. The van der Waals surface area contributed by atoms with Gasteiger partial charge in [-0.15, -0.1) is 0 Å². The summed E-state index contributed by atoms with van der Waals surface area (Å²) in [5, 5.41) is 3.47. The van der Waals surface area contributed by atoms with Gasteiger partial charge in [0, 0.05) is 16.3 Å². The Kier molecular flexibility index (Phi) is 7.14. The van der Waals surface area contributed by atoms with Crippen molar-refractivity contribution in [3.63, 3.8) is 0 Å². The average molecular weight is 362 g/mol. The number of aryl methyl sites for hydroxylation is 1. The normalized spacial score (nSPS) is 10.4. The van der Waals surface area contributed by atoms with Gasteiger partial charge in [0.2, 0.25) is 0 Å². The number of hydrogen-bond acceptors (Lipinski definition) is 3. The van der Waals surface area contributed by atoms with Crippen LogP contribution in [-0.2, 0) is 0 Å². The van der Waals surface area contributed by atoms with Gasteiger partial charge in [0.15, 0.2) is 11.5 Å². The van der Waals surface area contributed by atoms with E-state index in [1.807, 2.05) is 26.0 Å². The number of nitrogens with one attached hydrogen (secondary N) is 1. The van der Waals surface area contributed by atoms with Gasteiger partial charge in [-0.25, -0.2) is 0 Å². The van der Waals surface area contributed by atoms with E-state index in [0.29, 0.717) is 41.0 Å². The predicted molar refractivity (Wildman–Crippen MR) is 102 cm³/mol. The molecule has 2 aromatic rings. The second kappa shape index (κ2) is 9.33. The molecule has 0 heterocycles. The number of halogens is 1. The van der Waals surface area contributed by atoms with Crippen molar-refractivity contribution in [1.82, 2.24) is 0 Å². The molecule has 4 nitrogen and oxygen atoms in total. The van der Waals surface area contributed by atoms with E-state index in [2.05, 4.69) is 12.2 Å². The summed E-state index contributed by atoms with van der Waals surface area (Å²) < 4.78 is 11.4. The van der Waals surface area contributed by atoms with Gasteiger partial charge in [-0.05, 0) is 56.2 Å². The predicted octanol–water partition coefficient (Wildman–Crippen LogP) is 5.48. The number of hydrogen-bond donors (Lipinski definition) is 1. The minimum atomic E-state index is -0.221. The highest BCUT2D eigenvalue weighted by Crippen LogP contribution is 2.29. The fourth-order valence-corrected chi connectivity index (χ4v) is 2.42. The van der Waals surface area contributed by atoms with Crippen LogP contribution in [-0.4, -0.2) is 19.1 Å². The van der Waals surface area contributed by atoms with Crippen LogP contribution in [0.4, 0.5) is 5.69 Å². The average Bonchev–Trinajstić information content (AvgIpc) is 2.60. The summed E-state index contributed by atoms with van der Waals surface area (Å²) in [6.07, 6.45) is 2.03. The van der Waals surface area contributed by atoms with E-state index in [1.165, 1.54) is 0 Å². The molecular weight excluding hydrogens is 338 g/mol. The van der Waals surface area contributed by atoms with Gasteiger partial charge >= 0.3 is 0 Å².